The van der Waals surface area contributed by atoms with Gasteiger partial charge in [0.1, 0.15) is 17.2 Å². The summed E-state index contributed by atoms with van der Waals surface area (Å²) in [4.78, 5) is 17.5. The van der Waals surface area contributed by atoms with Gasteiger partial charge < -0.3 is 19.1 Å². The summed E-state index contributed by atoms with van der Waals surface area (Å²) in [5, 5.41) is 0. The molecule has 6 nitrogen and oxygen atoms in total. The second-order valence-corrected chi connectivity index (χ2v) is 8.75. The molecule has 1 aromatic carbocycles. The zero-order valence-corrected chi connectivity index (χ0v) is 19.2. The summed E-state index contributed by atoms with van der Waals surface area (Å²) in [6, 6.07) is 3.66. The first-order chi connectivity index (χ1) is 14.4. The van der Waals surface area contributed by atoms with Crippen molar-refractivity contribution >= 4 is 11.5 Å². The van der Waals surface area contributed by atoms with Crippen LogP contribution in [0, 0.1) is 11.8 Å². The molecule has 2 aliphatic heterocycles. The minimum Gasteiger partial charge on any atom is -0.496 e. The van der Waals surface area contributed by atoms with Gasteiger partial charge in [-0.05, 0) is 37.2 Å². The summed E-state index contributed by atoms with van der Waals surface area (Å²) >= 11 is 0. The summed E-state index contributed by atoms with van der Waals surface area (Å²) in [6.07, 6.45) is 4.24. The van der Waals surface area contributed by atoms with Gasteiger partial charge in [-0.2, -0.15) is 0 Å². The standard InChI is InChI=1S/C24H36N2O4/c1-16-11-17(2)15-26(14-16)24(27)18(3)25-9-7-19(8-10-25)23-21(29-5)12-20(28-4)13-22(23)30-6/h7,12-13,16-18H,8-11,14-15H2,1-6H3. The van der Waals surface area contributed by atoms with Crippen LogP contribution < -0.4 is 14.2 Å². The molecule has 1 saturated heterocycles. The number of methoxy groups -OCH3 is 3. The van der Waals surface area contributed by atoms with Crippen LogP contribution in [-0.2, 0) is 4.79 Å². The van der Waals surface area contributed by atoms with Gasteiger partial charge in [-0.25, -0.2) is 0 Å². The van der Waals surface area contributed by atoms with E-state index in [4.69, 9.17) is 14.2 Å². The lowest BCUT2D eigenvalue weighted by Crippen LogP contribution is -2.52. The Morgan fingerprint density at radius 1 is 1.03 bits per heavy atom. The summed E-state index contributed by atoms with van der Waals surface area (Å²) < 4.78 is 16.6. The van der Waals surface area contributed by atoms with E-state index in [1.54, 1.807) is 21.3 Å². The second kappa shape index (κ2) is 9.73. The highest BCUT2D eigenvalue weighted by Gasteiger charge is 2.32. The van der Waals surface area contributed by atoms with Gasteiger partial charge in [-0.15, -0.1) is 0 Å². The number of nitrogens with zero attached hydrogens (tertiary/aromatic N) is 2. The van der Waals surface area contributed by atoms with Crippen molar-refractivity contribution in [1.29, 1.82) is 0 Å². The molecule has 2 heterocycles. The minimum atomic E-state index is -0.111. The maximum absolute atomic E-state index is 13.1. The Morgan fingerprint density at radius 3 is 2.10 bits per heavy atom. The second-order valence-electron chi connectivity index (χ2n) is 8.75. The van der Waals surface area contributed by atoms with Crippen molar-refractivity contribution < 1.29 is 19.0 Å². The monoisotopic (exact) mass is 416 g/mol. The van der Waals surface area contributed by atoms with Crippen LogP contribution in [-0.4, -0.2) is 69.3 Å². The molecule has 1 fully saturated rings. The molecule has 0 aliphatic carbocycles. The number of benzene rings is 1. The SMILES string of the molecule is COc1cc(OC)c(C2=CCN(C(C)C(=O)N3CC(C)CC(C)C3)CC2)c(OC)c1. The number of carbonyl (C=O) groups is 1. The Balaban J connectivity index is 1.74. The maximum atomic E-state index is 13.1. The van der Waals surface area contributed by atoms with Gasteiger partial charge in [0.05, 0.1) is 32.9 Å². The lowest BCUT2D eigenvalue weighted by molar-refractivity contribution is -0.139. The van der Waals surface area contributed by atoms with Crippen molar-refractivity contribution in [2.75, 3.05) is 47.5 Å². The molecule has 6 heteroatoms. The maximum Gasteiger partial charge on any atom is 0.239 e. The molecule has 0 bridgehead atoms. The largest absolute Gasteiger partial charge is 0.496 e. The Kier molecular flexibility index (Phi) is 7.29. The van der Waals surface area contributed by atoms with E-state index in [9.17, 15) is 4.79 Å². The topological polar surface area (TPSA) is 51.2 Å². The van der Waals surface area contributed by atoms with Crippen molar-refractivity contribution in [3.05, 3.63) is 23.8 Å². The highest BCUT2D eigenvalue weighted by Crippen LogP contribution is 2.41. The first-order valence-electron chi connectivity index (χ1n) is 10.9. The van der Waals surface area contributed by atoms with E-state index in [2.05, 4.69) is 29.7 Å². The first-order valence-corrected chi connectivity index (χ1v) is 10.9. The lowest BCUT2D eigenvalue weighted by atomic mass is 9.91. The molecule has 0 spiro atoms. The van der Waals surface area contributed by atoms with Gasteiger partial charge in [0.2, 0.25) is 5.91 Å². The van der Waals surface area contributed by atoms with E-state index in [0.717, 1.165) is 49.7 Å². The third-order valence-electron chi connectivity index (χ3n) is 6.36. The Labute approximate surface area is 180 Å². The fraction of sp³-hybridized carbons (Fsp3) is 0.625. The van der Waals surface area contributed by atoms with E-state index in [0.29, 0.717) is 17.6 Å². The summed E-state index contributed by atoms with van der Waals surface area (Å²) in [5.41, 5.74) is 2.15. The fourth-order valence-electron chi connectivity index (χ4n) is 4.85. The van der Waals surface area contributed by atoms with Crippen LogP contribution in [0.2, 0.25) is 0 Å². The number of hydrogen-bond acceptors (Lipinski definition) is 5. The number of likely N-dealkylation sites (tertiary alicyclic amines) is 1. The van der Waals surface area contributed by atoms with Crippen LogP contribution in [0.4, 0.5) is 0 Å². The molecule has 30 heavy (non-hydrogen) atoms. The molecule has 0 radical (unpaired) electrons. The Hall–Kier alpha value is -2.21. The van der Waals surface area contributed by atoms with E-state index in [1.165, 1.54) is 12.0 Å². The number of piperidine rings is 1. The van der Waals surface area contributed by atoms with Crippen LogP contribution in [0.15, 0.2) is 18.2 Å². The number of hydrogen-bond donors (Lipinski definition) is 0. The van der Waals surface area contributed by atoms with Crippen LogP contribution in [0.5, 0.6) is 17.2 Å². The highest BCUT2D eigenvalue weighted by atomic mass is 16.5. The zero-order valence-electron chi connectivity index (χ0n) is 19.2. The number of ether oxygens (including phenoxy) is 3. The van der Waals surface area contributed by atoms with Gasteiger partial charge in [0.25, 0.3) is 0 Å². The van der Waals surface area contributed by atoms with Gasteiger partial charge in [-0.3, -0.25) is 9.69 Å². The van der Waals surface area contributed by atoms with Crippen molar-refractivity contribution in [3.8, 4) is 17.2 Å². The molecular formula is C24H36N2O4. The molecule has 166 valence electrons. The molecule has 3 unspecified atom stereocenters. The normalized spacial score (nSPS) is 23.5. The van der Waals surface area contributed by atoms with E-state index >= 15 is 0 Å². The van der Waals surface area contributed by atoms with Crippen molar-refractivity contribution in [2.45, 2.75) is 39.7 Å². The molecule has 0 saturated carbocycles. The highest BCUT2D eigenvalue weighted by molar-refractivity contribution is 5.82. The van der Waals surface area contributed by atoms with Crippen LogP contribution in [0.3, 0.4) is 0 Å². The fourth-order valence-corrected chi connectivity index (χ4v) is 4.85. The molecule has 3 rings (SSSR count). The predicted octanol–water partition coefficient (Wildman–Crippen LogP) is 3.69. The summed E-state index contributed by atoms with van der Waals surface area (Å²) in [7, 11) is 4.96. The predicted molar refractivity (Wildman–Crippen MR) is 119 cm³/mol. The number of amides is 1. The van der Waals surface area contributed by atoms with Crippen LogP contribution in [0.25, 0.3) is 5.57 Å². The van der Waals surface area contributed by atoms with E-state index < -0.39 is 0 Å². The van der Waals surface area contributed by atoms with Crippen molar-refractivity contribution in [2.24, 2.45) is 11.8 Å². The number of rotatable bonds is 6. The van der Waals surface area contributed by atoms with Gasteiger partial charge >= 0.3 is 0 Å². The Morgan fingerprint density at radius 2 is 1.63 bits per heavy atom. The summed E-state index contributed by atoms with van der Waals surface area (Å²) in [5.74, 6) is 3.60. The van der Waals surface area contributed by atoms with E-state index in [-0.39, 0.29) is 11.9 Å². The van der Waals surface area contributed by atoms with E-state index in [1.807, 2.05) is 19.1 Å². The Bertz CT molecular complexity index is 756. The molecule has 1 aromatic rings. The summed E-state index contributed by atoms with van der Waals surface area (Å²) in [6.45, 7) is 9.85. The molecule has 2 aliphatic rings. The minimum absolute atomic E-state index is 0.111. The first kappa shape index (κ1) is 22.5. The molecule has 0 N–H and O–H groups in total. The van der Waals surface area contributed by atoms with Gasteiger partial charge in [0, 0.05) is 38.3 Å². The quantitative estimate of drug-likeness (QED) is 0.708. The molecule has 3 atom stereocenters. The van der Waals surface area contributed by atoms with Crippen molar-refractivity contribution in [3.63, 3.8) is 0 Å². The number of carbonyl (C=O) groups excluding carboxylic acids is 1. The zero-order chi connectivity index (χ0) is 21.8. The third-order valence-corrected chi connectivity index (χ3v) is 6.36. The molecular weight excluding hydrogens is 380 g/mol. The average molecular weight is 417 g/mol. The molecule has 0 aromatic heterocycles. The average Bonchev–Trinajstić information content (AvgIpc) is 2.76. The van der Waals surface area contributed by atoms with Crippen LogP contribution in [0.1, 0.15) is 39.2 Å². The van der Waals surface area contributed by atoms with Gasteiger partial charge in [-0.1, -0.05) is 19.9 Å². The van der Waals surface area contributed by atoms with Gasteiger partial charge in [0.15, 0.2) is 0 Å². The third kappa shape index (κ3) is 4.75. The van der Waals surface area contributed by atoms with Crippen molar-refractivity contribution in [1.82, 2.24) is 9.80 Å². The van der Waals surface area contributed by atoms with Crippen LogP contribution >= 0.6 is 0 Å². The smallest absolute Gasteiger partial charge is 0.239 e. The lowest BCUT2D eigenvalue weighted by Gasteiger charge is -2.39. The molecule has 1 amide bonds.